The van der Waals surface area contributed by atoms with Crippen molar-refractivity contribution >= 4 is 60.7 Å². The van der Waals surface area contributed by atoms with Gasteiger partial charge in [0.2, 0.25) is 10.0 Å². The third kappa shape index (κ3) is 5.61. The fourth-order valence-electron chi connectivity index (χ4n) is 3.01. The minimum absolute atomic E-state index is 0.320. The maximum absolute atomic E-state index is 11.9. The highest BCUT2D eigenvalue weighted by molar-refractivity contribution is 14.1. The number of ether oxygens (including phenoxy) is 1. The predicted molar refractivity (Wildman–Crippen MR) is 131 cm³/mol. The molecule has 31 heavy (non-hydrogen) atoms. The largest absolute Gasteiger partial charge is 0.487 e. The Kier molecular flexibility index (Phi) is 6.23. The van der Waals surface area contributed by atoms with Crippen molar-refractivity contribution < 1.29 is 13.2 Å². The summed E-state index contributed by atoms with van der Waals surface area (Å²) in [5, 5.41) is 4.13. The fourth-order valence-corrected chi connectivity index (χ4v) is 4.06. The molecule has 9 heteroatoms. The molecule has 0 saturated heterocycles. The average molecular weight is 546 g/mol. The van der Waals surface area contributed by atoms with Crippen molar-refractivity contribution in [3.63, 3.8) is 0 Å². The van der Waals surface area contributed by atoms with Crippen molar-refractivity contribution in [2.24, 2.45) is 0 Å². The number of nitrogens with one attached hydrogen (secondary N) is 2. The van der Waals surface area contributed by atoms with Crippen LogP contribution in [0.4, 0.5) is 17.2 Å². The molecule has 0 unspecified atom stereocenters. The van der Waals surface area contributed by atoms with Gasteiger partial charge in [0.15, 0.2) is 0 Å². The Hall–Kier alpha value is -2.92. The third-order valence-corrected chi connectivity index (χ3v) is 5.63. The van der Waals surface area contributed by atoms with Gasteiger partial charge in [-0.25, -0.2) is 18.4 Å². The molecule has 0 aliphatic rings. The summed E-state index contributed by atoms with van der Waals surface area (Å²) in [5.41, 5.74) is 2.81. The first-order valence-corrected chi connectivity index (χ1v) is 12.3. The van der Waals surface area contributed by atoms with Crippen LogP contribution in [0.15, 0.2) is 73.1 Å². The molecule has 158 valence electrons. The topological polar surface area (TPSA) is 93.2 Å². The van der Waals surface area contributed by atoms with Gasteiger partial charge in [-0.2, -0.15) is 0 Å². The van der Waals surface area contributed by atoms with E-state index in [1.807, 2.05) is 54.6 Å². The number of sulfonamides is 1. The third-order valence-electron chi connectivity index (χ3n) is 4.37. The van der Waals surface area contributed by atoms with E-state index in [1.165, 1.54) is 6.33 Å². The summed E-state index contributed by atoms with van der Waals surface area (Å²) < 4.78 is 33.3. The molecule has 0 aliphatic carbocycles. The molecule has 0 aliphatic heterocycles. The summed E-state index contributed by atoms with van der Waals surface area (Å²) in [6, 6.07) is 20.8. The summed E-state index contributed by atoms with van der Waals surface area (Å²) in [4.78, 5) is 8.64. The van der Waals surface area contributed by atoms with Crippen molar-refractivity contribution in [2.75, 3.05) is 16.3 Å². The molecule has 4 aromatic rings. The summed E-state index contributed by atoms with van der Waals surface area (Å²) in [6.45, 7) is 0.320. The highest BCUT2D eigenvalue weighted by Crippen LogP contribution is 2.32. The number of hydrogen-bond acceptors (Lipinski definition) is 6. The van der Waals surface area contributed by atoms with Crippen LogP contribution < -0.4 is 14.8 Å². The standard InChI is InChI=1S/C22H19IN4O3S/c1-31(28,29)27-20-12-17(8-10-21(20)30-13-15-5-3-2-4-6-15)26-22-18-11-16(23)7-9-19(18)24-14-25-22/h2-12,14,27H,13H2,1H3,(H,24,25,26). The van der Waals surface area contributed by atoms with Gasteiger partial charge in [-0.05, 0) is 64.6 Å². The highest BCUT2D eigenvalue weighted by Gasteiger charge is 2.12. The van der Waals surface area contributed by atoms with Gasteiger partial charge in [0.1, 0.15) is 24.5 Å². The zero-order valence-corrected chi connectivity index (χ0v) is 19.5. The van der Waals surface area contributed by atoms with Crippen molar-refractivity contribution in [2.45, 2.75) is 6.61 Å². The van der Waals surface area contributed by atoms with Gasteiger partial charge >= 0.3 is 0 Å². The van der Waals surface area contributed by atoms with Gasteiger partial charge in [0.05, 0.1) is 17.5 Å². The van der Waals surface area contributed by atoms with E-state index in [4.69, 9.17) is 4.74 Å². The molecular weight excluding hydrogens is 527 g/mol. The zero-order chi connectivity index (χ0) is 21.8. The molecule has 0 saturated carbocycles. The lowest BCUT2D eigenvalue weighted by molar-refractivity contribution is 0.308. The van der Waals surface area contributed by atoms with E-state index in [-0.39, 0.29) is 0 Å². The number of aromatic nitrogens is 2. The highest BCUT2D eigenvalue weighted by atomic mass is 127. The van der Waals surface area contributed by atoms with Gasteiger partial charge in [-0.3, -0.25) is 4.72 Å². The minimum Gasteiger partial charge on any atom is -0.487 e. The quantitative estimate of drug-likeness (QED) is 0.320. The molecule has 1 aromatic heterocycles. The summed E-state index contributed by atoms with van der Waals surface area (Å²) in [7, 11) is -3.50. The zero-order valence-electron chi connectivity index (χ0n) is 16.5. The summed E-state index contributed by atoms with van der Waals surface area (Å²) in [6.07, 6.45) is 2.60. The van der Waals surface area contributed by atoms with Gasteiger partial charge in [-0.15, -0.1) is 0 Å². The van der Waals surface area contributed by atoms with Crippen LogP contribution in [0.2, 0.25) is 0 Å². The molecule has 0 atom stereocenters. The maximum Gasteiger partial charge on any atom is 0.229 e. The monoisotopic (exact) mass is 546 g/mol. The van der Waals surface area contributed by atoms with E-state index in [1.54, 1.807) is 12.1 Å². The number of nitrogens with zero attached hydrogens (tertiary/aromatic N) is 2. The van der Waals surface area contributed by atoms with E-state index >= 15 is 0 Å². The lowest BCUT2D eigenvalue weighted by atomic mass is 10.2. The molecule has 3 aromatic carbocycles. The second-order valence-electron chi connectivity index (χ2n) is 6.87. The van der Waals surface area contributed by atoms with Gasteiger partial charge in [0.25, 0.3) is 0 Å². The van der Waals surface area contributed by atoms with Gasteiger partial charge in [-0.1, -0.05) is 30.3 Å². The number of hydrogen-bond donors (Lipinski definition) is 2. The van der Waals surface area contributed by atoms with Crippen LogP contribution >= 0.6 is 22.6 Å². The van der Waals surface area contributed by atoms with Gasteiger partial charge < -0.3 is 10.1 Å². The number of benzene rings is 3. The average Bonchev–Trinajstić information content (AvgIpc) is 2.73. The Labute approximate surface area is 194 Å². The second-order valence-corrected chi connectivity index (χ2v) is 9.86. The van der Waals surface area contributed by atoms with E-state index in [9.17, 15) is 8.42 Å². The number of rotatable bonds is 7. The number of anilines is 3. The van der Waals surface area contributed by atoms with Crippen molar-refractivity contribution in [3.05, 3.63) is 82.2 Å². The minimum atomic E-state index is -3.50. The van der Waals surface area contributed by atoms with E-state index < -0.39 is 10.0 Å². The number of halogens is 1. The first-order chi connectivity index (χ1) is 14.9. The van der Waals surface area contributed by atoms with Crippen LogP contribution in [0.25, 0.3) is 10.9 Å². The van der Waals surface area contributed by atoms with Crippen LogP contribution in [0.5, 0.6) is 5.75 Å². The van der Waals surface area contributed by atoms with Crippen LogP contribution in [0.3, 0.4) is 0 Å². The van der Waals surface area contributed by atoms with Crippen molar-refractivity contribution in [1.29, 1.82) is 0 Å². The summed E-state index contributed by atoms with van der Waals surface area (Å²) >= 11 is 2.24. The first kappa shape index (κ1) is 21.3. The molecule has 0 amide bonds. The fraction of sp³-hybridized carbons (Fsp3) is 0.0909. The second kappa shape index (κ2) is 9.06. The lowest BCUT2D eigenvalue weighted by Crippen LogP contribution is -2.11. The maximum atomic E-state index is 11.9. The Balaban J connectivity index is 1.64. The predicted octanol–water partition coefficient (Wildman–Crippen LogP) is 4.93. The Morgan fingerprint density at radius 3 is 2.58 bits per heavy atom. The van der Waals surface area contributed by atoms with Crippen LogP contribution in [0.1, 0.15) is 5.56 Å². The Bertz CT molecular complexity index is 1330. The smallest absolute Gasteiger partial charge is 0.229 e. The molecule has 1 heterocycles. The Morgan fingerprint density at radius 1 is 1.00 bits per heavy atom. The van der Waals surface area contributed by atoms with E-state index in [0.29, 0.717) is 29.5 Å². The number of fused-ring (bicyclic) bond motifs is 1. The van der Waals surface area contributed by atoms with E-state index in [0.717, 1.165) is 26.3 Å². The van der Waals surface area contributed by atoms with Crippen LogP contribution in [-0.4, -0.2) is 24.6 Å². The molecule has 2 N–H and O–H groups in total. The van der Waals surface area contributed by atoms with Crippen molar-refractivity contribution in [3.8, 4) is 5.75 Å². The Morgan fingerprint density at radius 2 is 1.81 bits per heavy atom. The first-order valence-electron chi connectivity index (χ1n) is 9.33. The molecule has 0 spiro atoms. The van der Waals surface area contributed by atoms with Crippen molar-refractivity contribution in [1.82, 2.24) is 9.97 Å². The SMILES string of the molecule is CS(=O)(=O)Nc1cc(Nc2ncnc3ccc(I)cc23)ccc1OCc1ccccc1. The van der Waals surface area contributed by atoms with E-state index in [2.05, 4.69) is 42.6 Å². The molecule has 0 radical (unpaired) electrons. The van der Waals surface area contributed by atoms with Crippen LogP contribution in [0, 0.1) is 3.57 Å². The molecule has 0 bridgehead atoms. The normalized spacial score (nSPS) is 11.3. The molecular formula is C22H19IN4O3S. The molecule has 4 rings (SSSR count). The summed E-state index contributed by atoms with van der Waals surface area (Å²) in [5.74, 6) is 1.06. The van der Waals surface area contributed by atoms with Gasteiger partial charge in [0, 0.05) is 14.6 Å². The molecule has 0 fully saturated rings. The molecule has 7 nitrogen and oxygen atoms in total. The lowest BCUT2D eigenvalue weighted by Gasteiger charge is -2.15. The van der Waals surface area contributed by atoms with Crippen LogP contribution in [-0.2, 0) is 16.6 Å².